The molecule has 0 saturated carbocycles. The lowest BCUT2D eigenvalue weighted by Gasteiger charge is -2.08. The van der Waals surface area contributed by atoms with E-state index in [1.54, 1.807) is 32.0 Å². The van der Waals surface area contributed by atoms with Crippen LogP contribution in [0.4, 0.5) is 5.69 Å². The van der Waals surface area contributed by atoms with Gasteiger partial charge in [-0.2, -0.15) is 0 Å². The second-order valence-corrected chi connectivity index (χ2v) is 5.73. The average Bonchev–Trinajstić information content (AvgIpc) is 2.41. The molecule has 2 rings (SSSR count). The van der Waals surface area contributed by atoms with Crippen molar-refractivity contribution in [2.75, 3.05) is 5.32 Å². The summed E-state index contributed by atoms with van der Waals surface area (Å²) < 4.78 is 0. The zero-order valence-corrected chi connectivity index (χ0v) is 13.7. The van der Waals surface area contributed by atoms with Crippen LogP contribution in [0.15, 0.2) is 23.0 Å². The second-order valence-electron chi connectivity index (χ2n) is 4.89. The van der Waals surface area contributed by atoms with Gasteiger partial charge in [0.2, 0.25) is 5.91 Å². The van der Waals surface area contributed by atoms with Gasteiger partial charge < -0.3 is 10.3 Å². The molecule has 1 amide bonds. The fourth-order valence-corrected chi connectivity index (χ4v) is 2.43. The maximum Gasteiger partial charge on any atom is 0.254 e. The monoisotopic (exact) mass is 339 g/mol. The summed E-state index contributed by atoms with van der Waals surface area (Å²) in [6, 6.07) is 4.83. The van der Waals surface area contributed by atoms with Crippen LogP contribution in [0.5, 0.6) is 0 Å². The topological polar surface area (TPSA) is 74.8 Å². The number of H-pyrrole nitrogens is 1. The van der Waals surface area contributed by atoms with Crippen LogP contribution in [-0.2, 0) is 11.2 Å². The Morgan fingerprint density at radius 1 is 1.32 bits per heavy atom. The summed E-state index contributed by atoms with van der Waals surface area (Å²) in [5, 5.41) is 3.57. The zero-order valence-electron chi connectivity index (χ0n) is 12.2. The van der Waals surface area contributed by atoms with Crippen molar-refractivity contribution < 1.29 is 4.79 Å². The third kappa shape index (κ3) is 4.08. The number of nitrogens with one attached hydrogen (secondary N) is 2. The summed E-state index contributed by atoms with van der Waals surface area (Å²) in [6.45, 7) is 3.47. The van der Waals surface area contributed by atoms with Gasteiger partial charge in [-0.1, -0.05) is 23.2 Å². The molecule has 0 aliphatic rings. The molecule has 7 heteroatoms. The Balaban J connectivity index is 2.05. The van der Waals surface area contributed by atoms with Gasteiger partial charge in [-0.05, 0) is 38.5 Å². The van der Waals surface area contributed by atoms with Crippen molar-refractivity contribution in [3.63, 3.8) is 0 Å². The standard InChI is InChI=1S/C15H15Cl2N3O2/c1-8-11(15(22)19-9(2)18-8)4-6-14(21)20-13-7-10(16)3-5-12(13)17/h3,5,7H,4,6H2,1-2H3,(H,20,21)(H,18,19,22). The second kappa shape index (κ2) is 6.94. The highest BCUT2D eigenvalue weighted by molar-refractivity contribution is 6.35. The van der Waals surface area contributed by atoms with E-state index >= 15 is 0 Å². The number of aryl methyl sites for hydroxylation is 2. The first-order valence-corrected chi connectivity index (χ1v) is 7.43. The van der Waals surface area contributed by atoms with Crippen LogP contribution in [0.1, 0.15) is 23.5 Å². The van der Waals surface area contributed by atoms with Gasteiger partial charge in [0.05, 0.1) is 10.7 Å². The number of anilines is 1. The Hall–Kier alpha value is -1.85. The SMILES string of the molecule is Cc1nc(C)c(CCC(=O)Nc2cc(Cl)ccc2Cl)c(=O)[nH]1. The quantitative estimate of drug-likeness (QED) is 0.897. The number of aromatic amines is 1. The van der Waals surface area contributed by atoms with Crippen LogP contribution >= 0.6 is 23.2 Å². The summed E-state index contributed by atoms with van der Waals surface area (Å²) in [7, 11) is 0. The molecule has 2 N–H and O–H groups in total. The number of carbonyl (C=O) groups is 1. The average molecular weight is 340 g/mol. The molecule has 1 aromatic carbocycles. The molecular formula is C15H15Cl2N3O2. The van der Waals surface area contributed by atoms with Gasteiger partial charge in [0.25, 0.3) is 5.56 Å². The number of hydrogen-bond acceptors (Lipinski definition) is 3. The molecule has 0 saturated heterocycles. The molecule has 0 unspecified atom stereocenters. The molecule has 0 bridgehead atoms. The Kier molecular flexibility index (Phi) is 5.21. The van der Waals surface area contributed by atoms with Crippen molar-refractivity contribution in [2.45, 2.75) is 26.7 Å². The minimum absolute atomic E-state index is 0.150. The van der Waals surface area contributed by atoms with Gasteiger partial charge in [-0.3, -0.25) is 9.59 Å². The Labute approximate surface area is 137 Å². The van der Waals surface area contributed by atoms with E-state index in [1.807, 2.05) is 0 Å². The predicted octanol–water partition coefficient (Wildman–Crippen LogP) is 3.26. The Morgan fingerprint density at radius 3 is 2.73 bits per heavy atom. The number of benzene rings is 1. The van der Waals surface area contributed by atoms with Crippen LogP contribution in [0, 0.1) is 13.8 Å². The number of hydrogen-bond donors (Lipinski definition) is 2. The lowest BCUT2D eigenvalue weighted by molar-refractivity contribution is -0.116. The molecule has 1 heterocycles. The molecule has 2 aromatic rings. The summed E-state index contributed by atoms with van der Waals surface area (Å²) in [5.41, 5.74) is 1.39. The number of aromatic nitrogens is 2. The van der Waals surface area contributed by atoms with E-state index in [9.17, 15) is 9.59 Å². The van der Waals surface area contributed by atoms with Crippen molar-refractivity contribution in [2.24, 2.45) is 0 Å². The number of amides is 1. The van der Waals surface area contributed by atoms with Gasteiger partial charge in [0, 0.05) is 22.7 Å². The van der Waals surface area contributed by atoms with Crippen molar-refractivity contribution in [3.8, 4) is 0 Å². The fourth-order valence-electron chi connectivity index (χ4n) is 2.09. The summed E-state index contributed by atoms with van der Waals surface area (Å²) >= 11 is 11.9. The molecule has 0 fully saturated rings. The van der Waals surface area contributed by atoms with Crippen LogP contribution in [0.25, 0.3) is 0 Å². The van der Waals surface area contributed by atoms with Crippen LogP contribution in [0.3, 0.4) is 0 Å². The zero-order chi connectivity index (χ0) is 16.3. The van der Waals surface area contributed by atoms with Crippen LogP contribution in [0.2, 0.25) is 10.0 Å². The highest BCUT2D eigenvalue weighted by Crippen LogP contribution is 2.25. The third-order valence-electron chi connectivity index (χ3n) is 3.15. The normalized spacial score (nSPS) is 10.5. The molecule has 5 nitrogen and oxygen atoms in total. The van der Waals surface area contributed by atoms with Gasteiger partial charge in [0.15, 0.2) is 0 Å². The van der Waals surface area contributed by atoms with Crippen molar-refractivity contribution in [1.82, 2.24) is 9.97 Å². The third-order valence-corrected chi connectivity index (χ3v) is 3.71. The molecule has 0 spiro atoms. The van der Waals surface area contributed by atoms with Crippen molar-refractivity contribution in [3.05, 3.63) is 55.7 Å². The van der Waals surface area contributed by atoms with E-state index in [-0.39, 0.29) is 17.9 Å². The molecule has 116 valence electrons. The fraction of sp³-hybridized carbons (Fsp3) is 0.267. The lowest BCUT2D eigenvalue weighted by atomic mass is 10.1. The molecule has 0 aliphatic heterocycles. The minimum Gasteiger partial charge on any atom is -0.325 e. The molecule has 0 atom stereocenters. The first-order chi connectivity index (χ1) is 10.4. The maximum absolute atomic E-state index is 12.0. The highest BCUT2D eigenvalue weighted by atomic mass is 35.5. The lowest BCUT2D eigenvalue weighted by Crippen LogP contribution is -2.20. The van der Waals surface area contributed by atoms with E-state index in [0.29, 0.717) is 39.2 Å². The van der Waals surface area contributed by atoms with Crippen LogP contribution in [-0.4, -0.2) is 15.9 Å². The number of carbonyl (C=O) groups excluding carboxylic acids is 1. The first kappa shape index (κ1) is 16.5. The first-order valence-electron chi connectivity index (χ1n) is 6.68. The molecular weight excluding hydrogens is 325 g/mol. The summed E-state index contributed by atoms with van der Waals surface area (Å²) in [5.74, 6) is 0.310. The highest BCUT2D eigenvalue weighted by Gasteiger charge is 2.11. The smallest absolute Gasteiger partial charge is 0.254 e. The van der Waals surface area contributed by atoms with Crippen LogP contribution < -0.4 is 10.9 Å². The molecule has 0 aliphatic carbocycles. The van der Waals surface area contributed by atoms with Gasteiger partial charge >= 0.3 is 0 Å². The minimum atomic E-state index is -0.247. The Bertz CT molecular complexity index is 772. The number of nitrogens with zero attached hydrogens (tertiary/aromatic N) is 1. The molecule has 1 aromatic heterocycles. The summed E-state index contributed by atoms with van der Waals surface area (Å²) in [6.07, 6.45) is 0.454. The van der Waals surface area contributed by atoms with Gasteiger partial charge in [-0.15, -0.1) is 0 Å². The predicted molar refractivity (Wildman–Crippen MR) is 87.7 cm³/mol. The molecule has 0 radical (unpaired) electrons. The summed E-state index contributed by atoms with van der Waals surface area (Å²) in [4.78, 5) is 30.7. The van der Waals surface area contributed by atoms with Gasteiger partial charge in [-0.25, -0.2) is 4.98 Å². The maximum atomic E-state index is 12.0. The largest absolute Gasteiger partial charge is 0.325 e. The number of rotatable bonds is 4. The van der Waals surface area contributed by atoms with Crippen molar-refractivity contribution in [1.29, 1.82) is 0 Å². The van der Waals surface area contributed by atoms with Crippen molar-refractivity contribution >= 4 is 34.8 Å². The van der Waals surface area contributed by atoms with E-state index in [1.165, 1.54) is 0 Å². The van der Waals surface area contributed by atoms with Gasteiger partial charge in [0.1, 0.15) is 5.82 Å². The Morgan fingerprint density at radius 2 is 2.05 bits per heavy atom. The van der Waals surface area contributed by atoms with E-state index in [0.717, 1.165) is 0 Å². The number of halogens is 2. The molecule has 22 heavy (non-hydrogen) atoms. The van der Waals surface area contributed by atoms with E-state index < -0.39 is 0 Å². The van der Waals surface area contributed by atoms with E-state index in [2.05, 4.69) is 15.3 Å². The van der Waals surface area contributed by atoms with E-state index in [4.69, 9.17) is 23.2 Å².